The number of hydrogen-bond donors (Lipinski definition) is 1. The van der Waals surface area contributed by atoms with Gasteiger partial charge in [-0.2, -0.15) is 0 Å². The topological polar surface area (TPSA) is 70.3 Å². The molecule has 5 nitrogen and oxygen atoms in total. The minimum absolute atomic E-state index is 0.446. The van der Waals surface area contributed by atoms with Gasteiger partial charge in [0.2, 0.25) is 5.88 Å². The first kappa shape index (κ1) is 13.1. The minimum atomic E-state index is 0.446. The van der Waals surface area contributed by atoms with Crippen molar-refractivity contribution in [3.8, 4) is 17.4 Å². The molecule has 1 aromatic carbocycles. The summed E-state index contributed by atoms with van der Waals surface area (Å²) in [7, 11) is 0. The molecule has 0 radical (unpaired) electrons. The van der Waals surface area contributed by atoms with Gasteiger partial charge in [0.25, 0.3) is 0 Å². The fraction of sp³-hybridized carbons (Fsp3) is 0.286. The molecule has 0 aliphatic rings. The third-order valence-corrected chi connectivity index (χ3v) is 2.65. The normalized spacial score (nSPS) is 10.2. The first-order valence-corrected chi connectivity index (χ1v) is 6.25. The third-order valence-electron chi connectivity index (χ3n) is 2.65. The zero-order valence-electron chi connectivity index (χ0n) is 11.1. The van der Waals surface area contributed by atoms with Crippen LogP contribution in [0.2, 0.25) is 0 Å². The molecule has 19 heavy (non-hydrogen) atoms. The summed E-state index contributed by atoms with van der Waals surface area (Å²) >= 11 is 0. The molecule has 0 atom stereocenters. The molecule has 0 saturated heterocycles. The number of nitrogen functional groups attached to an aromatic ring is 1. The molecular weight excluding hydrogens is 242 g/mol. The molecule has 2 aromatic rings. The van der Waals surface area contributed by atoms with E-state index in [9.17, 15) is 0 Å². The van der Waals surface area contributed by atoms with Gasteiger partial charge in [-0.25, -0.2) is 9.97 Å². The first-order valence-electron chi connectivity index (χ1n) is 6.25. The maximum absolute atomic E-state index is 5.82. The third kappa shape index (κ3) is 2.93. The van der Waals surface area contributed by atoms with Crippen molar-refractivity contribution >= 4 is 5.82 Å². The summed E-state index contributed by atoms with van der Waals surface area (Å²) in [5.74, 6) is 2.23. The van der Waals surface area contributed by atoms with E-state index in [0.717, 1.165) is 5.56 Å². The molecule has 2 N–H and O–H groups in total. The van der Waals surface area contributed by atoms with Gasteiger partial charge in [-0.3, -0.25) is 0 Å². The summed E-state index contributed by atoms with van der Waals surface area (Å²) in [6.45, 7) is 4.49. The Morgan fingerprint density at radius 1 is 1.11 bits per heavy atom. The number of benzene rings is 1. The lowest BCUT2D eigenvalue weighted by Crippen LogP contribution is -2.02. The zero-order chi connectivity index (χ0) is 13.7. The highest BCUT2D eigenvalue weighted by Crippen LogP contribution is 2.32. The summed E-state index contributed by atoms with van der Waals surface area (Å²) in [5.41, 5.74) is 6.62. The van der Waals surface area contributed by atoms with E-state index in [1.807, 2.05) is 38.1 Å². The molecule has 5 heteroatoms. The summed E-state index contributed by atoms with van der Waals surface area (Å²) < 4.78 is 11.3. The molecule has 0 unspecified atom stereocenters. The second kappa shape index (κ2) is 6.04. The smallest absolute Gasteiger partial charge is 0.227 e. The lowest BCUT2D eigenvalue weighted by molar-refractivity contribution is 0.319. The van der Waals surface area contributed by atoms with Crippen molar-refractivity contribution in [1.82, 2.24) is 9.97 Å². The van der Waals surface area contributed by atoms with Gasteiger partial charge in [-0.05, 0) is 25.5 Å². The number of anilines is 1. The molecule has 0 amide bonds. The molecule has 0 fully saturated rings. The molecule has 0 aliphatic heterocycles. The number of hydrogen-bond acceptors (Lipinski definition) is 5. The molecule has 0 aliphatic carbocycles. The van der Waals surface area contributed by atoms with Gasteiger partial charge in [-0.1, -0.05) is 19.1 Å². The van der Waals surface area contributed by atoms with Crippen LogP contribution in [0.25, 0.3) is 0 Å². The largest absolute Gasteiger partial charge is 0.490 e. The lowest BCUT2D eigenvalue weighted by Gasteiger charge is -2.13. The van der Waals surface area contributed by atoms with Crippen molar-refractivity contribution in [3.05, 3.63) is 36.2 Å². The van der Waals surface area contributed by atoms with E-state index in [0.29, 0.717) is 36.2 Å². The van der Waals surface area contributed by atoms with Crippen LogP contribution in [0.4, 0.5) is 5.82 Å². The van der Waals surface area contributed by atoms with E-state index in [1.54, 1.807) is 0 Å². The highest BCUT2D eigenvalue weighted by Gasteiger charge is 2.12. The molecule has 1 heterocycles. The predicted molar refractivity (Wildman–Crippen MR) is 73.5 cm³/mol. The average Bonchev–Trinajstić information content (AvgIpc) is 2.41. The average molecular weight is 259 g/mol. The van der Waals surface area contributed by atoms with E-state index in [-0.39, 0.29) is 0 Å². The summed E-state index contributed by atoms with van der Waals surface area (Å²) in [4.78, 5) is 8.10. The predicted octanol–water partition coefficient (Wildman–Crippen LogP) is 2.81. The molecule has 1 aromatic heterocycles. The Kier molecular flexibility index (Phi) is 4.18. The second-order valence-electron chi connectivity index (χ2n) is 3.88. The molecular formula is C14H17N3O2. The van der Waals surface area contributed by atoms with Crippen molar-refractivity contribution in [2.45, 2.75) is 20.3 Å². The van der Waals surface area contributed by atoms with Crippen molar-refractivity contribution in [2.75, 3.05) is 12.3 Å². The monoisotopic (exact) mass is 259 g/mol. The van der Waals surface area contributed by atoms with Crippen LogP contribution >= 0.6 is 0 Å². The van der Waals surface area contributed by atoms with Crippen LogP contribution in [-0.4, -0.2) is 16.6 Å². The Bertz CT molecular complexity index is 558. The Hall–Kier alpha value is -2.30. The van der Waals surface area contributed by atoms with Crippen LogP contribution in [0, 0.1) is 0 Å². The maximum atomic E-state index is 5.82. The Labute approximate surface area is 112 Å². The van der Waals surface area contributed by atoms with Crippen LogP contribution in [0.15, 0.2) is 30.6 Å². The SMILES string of the molecule is CCOc1ccccc1Oc1ncnc(N)c1CC. The second-order valence-corrected chi connectivity index (χ2v) is 3.88. The first-order chi connectivity index (χ1) is 9.26. The van der Waals surface area contributed by atoms with Gasteiger partial charge in [-0.15, -0.1) is 0 Å². The van der Waals surface area contributed by atoms with Gasteiger partial charge in [0.1, 0.15) is 12.1 Å². The van der Waals surface area contributed by atoms with Crippen molar-refractivity contribution in [3.63, 3.8) is 0 Å². The van der Waals surface area contributed by atoms with Crippen LogP contribution < -0.4 is 15.2 Å². The van der Waals surface area contributed by atoms with E-state index in [1.165, 1.54) is 6.33 Å². The molecule has 0 spiro atoms. The summed E-state index contributed by atoms with van der Waals surface area (Å²) in [5, 5.41) is 0. The highest BCUT2D eigenvalue weighted by atomic mass is 16.5. The number of aromatic nitrogens is 2. The lowest BCUT2D eigenvalue weighted by atomic mass is 10.2. The fourth-order valence-corrected chi connectivity index (χ4v) is 1.74. The Morgan fingerprint density at radius 3 is 2.53 bits per heavy atom. The zero-order valence-corrected chi connectivity index (χ0v) is 11.1. The Morgan fingerprint density at radius 2 is 1.84 bits per heavy atom. The molecule has 100 valence electrons. The van der Waals surface area contributed by atoms with Gasteiger partial charge < -0.3 is 15.2 Å². The maximum Gasteiger partial charge on any atom is 0.227 e. The van der Waals surface area contributed by atoms with Crippen molar-refractivity contribution in [1.29, 1.82) is 0 Å². The van der Waals surface area contributed by atoms with Crippen LogP contribution in [0.5, 0.6) is 17.4 Å². The van der Waals surface area contributed by atoms with E-state index >= 15 is 0 Å². The van der Waals surface area contributed by atoms with Gasteiger partial charge in [0.05, 0.1) is 12.2 Å². The molecule has 0 bridgehead atoms. The number of rotatable bonds is 5. The van der Waals surface area contributed by atoms with Crippen LogP contribution in [0.3, 0.4) is 0 Å². The van der Waals surface area contributed by atoms with Crippen molar-refractivity contribution < 1.29 is 9.47 Å². The number of nitrogens with zero attached hydrogens (tertiary/aromatic N) is 2. The molecule has 0 saturated carbocycles. The number of para-hydroxylation sites is 2. The van der Waals surface area contributed by atoms with E-state index < -0.39 is 0 Å². The summed E-state index contributed by atoms with van der Waals surface area (Å²) in [6.07, 6.45) is 2.10. The minimum Gasteiger partial charge on any atom is -0.490 e. The standard InChI is InChI=1S/C14H17N3O2/c1-3-10-13(15)16-9-17-14(10)19-12-8-6-5-7-11(12)18-4-2/h5-9H,3-4H2,1-2H3,(H2,15,16,17). The van der Waals surface area contributed by atoms with Crippen LogP contribution in [-0.2, 0) is 6.42 Å². The van der Waals surface area contributed by atoms with Crippen molar-refractivity contribution in [2.24, 2.45) is 0 Å². The Balaban J connectivity index is 2.33. The van der Waals surface area contributed by atoms with E-state index in [4.69, 9.17) is 15.2 Å². The quantitative estimate of drug-likeness (QED) is 0.894. The number of nitrogens with two attached hydrogens (primary N) is 1. The van der Waals surface area contributed by atoms with E-state index in [2.05, 4.69) is 9.97 Å². The van der Waals surface area contributed by atoms with Gasteiger partial charge in [0.15, 0.2) is 11.5 Å². The van der Waals surface area contributed by atoms with Gasteiger partial charge in [0, 0.05) is 0 Å². The summed E-state index contributed by atoms with van der Waals surface area (Å²) in [6, 6.07) is 7.47. The fourth-order valence-electron chi connectivity index (χ4n) is 1.74. The molecule has 2 rings (SSSR count). The number of ether oxygens (including phenoxy) is 2. The van der Waals surface area contributed by atoms with Crippen LogP contribution in [0.1, 0.15) is 19.4 Å². The van der Waals surface area contributed by atoms with Gasteiger partial charge >= 0.3 is 0 Å². The highest BCUT2D eigenvalue weighted by molar-refractivity contribution is 5.48.